The van der Waals surface area contributed by atoms with Crippen LogP contribution in [0.4, 0.5) is 0 Å². The van der Waals surface area contributed by atoms with Gasteiger partial charge in [0.1, 0.15) is 0 Å². The van der Waals surface area contributed by atoms with E-state index in [1.54, 1.807) is 17.5 Å². The number of hydrogen-bond donors (Lipinski definition) is 0. The Hall–Kier alpha value is -1.64. The van der Waals surface area contributed by atoms with Crippen molar-refractivity contribution in [3.05, 3.63) is 35.1 Å². The second kappa shape index (κ2) is 58.5. The molecule has 0 saturated carbocycles. The molecule has 0 unspecified atom stereocenters. The molecule has 0 aromatic heterocycles. The maximum Gasteiger partial charge on any atom is 0.187 e. The molecule has 4 N–H and O–H groups in total. The van der Waals surface area contributed by atoms with Crippen molar-refractivity contribution in [2.45, 2.75) is 0 Å². The summed E-state index contributed by atoms with van der Waals surface area (Å²) in [5.74, 6) is 5.25. The van der Waals surface area contributed by atoms with Crippen molar-refractivity contribution in [1.82, 2.24) is 0 Å². The van der Waals surface area contributed by atoms with Gasteiger partial charge in [0.05, 0.1) is 7.28 Å². The molecule has 0 atom stereocenters. The van der Waals surface area contributed by atoms with Crippen molar-refractivity contribution in [2.75, 3.05) is 13.1 Å². The van der Waals surface area contributed by atoms with Crippen LogP contribution in [0.2, 0.25) is 0 Å². The van der Waals surface area contributed by atoms with Crippen molar-refractivity contribution in [3.63, 3.8) is 0 Å². The van der Waals surface area contributed by atoms with E-state index in [2.05, 4.69) is 49.4 Å². The van der Waals surface area contributed by atoms with Gasteiger partial charge in [0.15, 0.2) is 23.5 Å². The average molecular weight is 232 g/mol. The highest BCUT2D eigenvalue weighted by Crippen LogP contribution is 1.81. The Balaban J connectivity index is -0.0000000412. The monoisotopic (exact) mass is 233 g/mol. The van der Waals surface area contributed by atoms with Crippen LogP contribution in [0.5, 0.6) is 0 Å². The minimum atomic E-state index is -0.250. The van der Waals surface area contributed by atoms with E-state index in [4.69, 9.17) is 22.9 Å². The van der Waals surface area contributed by atoms with Crippen LogP contribution in [0, 0.1) is 36.7 Å². The Kier molecular flexibility index (Phi) is 97.2. The highest BCUT2D eigenvalue weighted by molar-refractivity contribution is 6.46. The number of hydrogen-bond acceptors (Lipinski definition) is 0. The molecule has 7 radical (unpaired) electrons. The Morgan fingerprint density at radius 1 is 1.00 bits per heavy atom. The van der Waals surface area contributed by atoms with E-state index in [0.717, 1.165) is 0 Å². The minimum Gasteiger partial charge on any atom is -0.711 e. The summed E-state index contributed by atoms with van der Waals surface area (Å²) in [6, 6.07) is 0. The van der Waals surface area contributed by atoms with Gasteiger partial charge in [-0.3, -0.25) is 6.67 Å². The first-order valence-electron chi connectivity index (χ1n) is 4.09. The van der Waals surface area contributed by atoms with Gasteiger partial charge in [-0.05, 0) is 0 Å². The molecule has 0 saturated heterocycles. The second-order valence-electron chi connectivity index (χ2n) is 1.61. The van der Waals surface area contributed by atoms with Crippen LogP contribution in [-0.4, -0.2) is 43.9 Å². The maximum atomic E-state index is 6.61. The number of terminal acetylenes is 3. The fourth-order valence-electron chi connectivity index (χ4n) is 0.123. The Morgan fingerprint density at radius 2 is 1.17 bits per heavy atom. The lowest BCUT2D eigenvalue weighted by Gasteiger charge is -2.03. The molecular weight excluding hydrogens is 219 g/mol. The smallest absolute Gasteiger partial charge is 0.187 e. The van der Waals surface area contributed by atoms with Gasteiger partial charge < -0.3 is 22.9 Å². The summed E-state index contributed by atoms with van der Waals surface area (Å²) in [5.41, 5.74) is 25.1. The zero-order chi connectivity index (χ0) is 15.8. The minimum absolute atomic E-state index is 0.169. The maximum absolute atomic E-state index is 6.61. The van der Waals surface area contributed by atoms with Gasteiger partial charge >= 0.3 is 0 Å². The van der Waals surface area contributed by atoms with E-state index >= 15 is 0 Å². The first kappa shape index (κ1) is 29.9. The third-order valence-electron chi connectivity index (χ3n) is 0.348. The molecule has 4 nitrogen and oxygen atoms in total. The van der Waals surface area contributed by atoms with Crippen LogP contribution in [-0.2, 0) is 0 Å². The van der Waals surface area contributed by atoms with Crippen LogP contribution in [0.25, 0.3) is 22.9 Å². The van der Waals surface area contributed by atoms with Crippen molar-refractivity contribution in [2.24, 2.45) is 0 Å². The van der Waals surface area contributed by atoms with Gasteiger partial charge in [0.2, 0.25) is 0 Å². The third kappa shape index (κ3) is 1390. The van der Waals surface area contributed by atoms with E-state index in [9.17, 15) is 0 Å². The average Bonchev–Trinajstić information content (AvgIpc) is 2.21. The van der Waals surface area contributed by atoms with Crippen LogP contribution >= 0.6 is 0 Å². The first-order valence-corrected chi connectivity index (χ1v) is 4.09. The highest BCUT2D eigenvalue weighted by Gasteiger charge is 1.66. The molecule has 0 rings (SSSR count). The lowest BCUT2D eigenvalue weighted by atomic mass is 9.76. The van der Waals surface area contributed by atoms with Gasteiger partial charge in [-0.15, -0.1) is 25.8 Å². The molecule has 0 aliphatic carbocycles. The molecule has 18 heavy (non-hydrogen) atoms. The molecule has 0 spiro atoms. The van der Waals surface area contributed by atoms with E-state index in [-0.39, 0.29) is 18.7 Å². The molecule has 89 valence electrons. The summed E-state index contributed by atoms with van der Waals surface area (Å²) >= 11 is 0. The molecule has 0 amide bonds. The van der Waals surface area contributed by atoms with Gasteiger partial charge in [0.25, 0.3) is 0 Å². The van der Waals surface area contributed by atoms with E-state index in [0.29, 0.717) is 0 Å². The summed E-state index contributed by atoms with van der Waals surface area (Å²) < 4.78 is 0. The van der Waals surface area contributed by atoms with Crippen LogP contribution in [0.3, 0.4) is 0 Å². The fraction of sp³-hybridized carbons (Fsp3) is 0.200. The summed E-state index contributed by atoms with van der Waals surface area (Å²) in [6.45, 7) is 2.99. The second-order valence-corrected chi connectivity index (χ2v) is 1.61. The molecule has 0 aromatic carbocycles. The fourth-order valence-corrected chi connectivity index (χ4v) is 0.123. The quantitative estimate of drug-likeness (QED) is 0.509. The van der Waals surface area contributed by atoms with Crippen molar-refractivity contribution in [1.29, 1.82) is 0 Å². The van der Waals surface area contributed by atoms with Gasteiger partial charge in [-0.2, -0.15) is 23.9 Å². The first-order chi connectivity index (χ1) is 8.43. The summed E-state index contributed by atoms with van der Waals surface area (Å²) in [4.78, 5) is 0. The lowest BCUT2D eigenvalue weighted by Crippen LogP contribution is -1.91. The van der Waals surface area contributed by atoms with E-state index in [1.165, 1.54) is 7.28 Å². The molecular formula is C10H13B4N4-4. The van der Waals surface area contributed by atoms with Crippen LogP contribution < -0.4 is 0 Å². The SMILES string of the molecule is C=C([NH-])[B]C[NH-].[B]C#C.[B]C#C.[B]C#C.[NH-]C[NH-]. The van der Waals surface area contributed by atoms with Crippen LogP contribution in [0.15, 0.2) is 12.2 Å². The van der Waals surface area contributed by atoms with Crippen molar-refractivity contribution < 1.29 is 0 Å². The molecule has 0 aromatic rings. The predicted molar refractivity (Wildman–Crippen MR) is 85.7 cm³/mol. The highest BCUT2D eigenvalue weighted by atomic mass is 14.7. The van der Waals surface area contributed by atoms with Crippen molar-refractivity contribution in [3.8, 4) is 36.7 Å². The zero-order valence-corrected chi connectivity index (χ0v) is 10.2. The van der Waals surface area contributed by atoms with Crippen molar-refractivity contribution >= 4 is 30.8 Å². The lowest BCUT2D eigenvalue weighted by molar-refractivity contribution is 1.61. The van der Waals surface area contributed by atoms with Gasteiger partial charge in [-0.1, -0.05) is 0 Å². The predicted octanol–water partition coefficient (Wildman–Crippen LogP) is 1.51. The largest absolute Gasteiger partial charge is 0.711 e. The Bertz CT molecular complexity index is 222. The third-order valence-corrected chi connectivity index (χ3v) is 0.348. The summed E-state index contributed by atoms with van der Waals surface area (Å²) in [5, 5.41) is 0. The summed E-state index contributed by atoms with van der Waals surface area (Å²) in [7, 11) is 14.6. The Morgan fingerprint density at radius 3 is 1.17 bits per heavy atom. The van der Waals surface area contributed by atoms with Gasteiger partial charge in [0, 0.05) is 0 Å². The molecule has 0 aliphatic heterocycles. The standard InChI is InChI=1S/C3H6BN2.3C2HB.CH4N2/c1-3(6)4-2-5;3*1-2-3;2-1-3/h5-6H,1-2H2;3*1H;2-3H,1H2/q-2;;;;-2. The van der Waals surface area contributed by atoms with E-state index < -0.39 is 0 Å². The number of nitrogens with one attached hydrogen (secondary N) is 4. The summed E-state index contributed by atoms with van der Waals surface area (Å²) in [6.07, 6.45) is 13.3. The topological polar surface area (TPSA) is 95.2 Å². The van der Waals surface area contributed by atoms with Crippen LogP contribution in [0.1, 0.15) is 0 Å². The molecule has 8 heteroatoms. The van der Waals surface area contributed by atoms with Gasteiger partial charge in [-0.25, -0.2) is 5.60 Å². The Labute approximate surface area is 116 Å². The normalized spacial score (nSPS) is 4.67. The molecule has 0 bridgehead atoms. The molecule has 0 aliphatic rings. The molecule has 0 heterocycles. The zero-order valence-electron chi connectivity index (χ0n) is 10.2. The number of rotatable bonds is 2. The van der Waals surface area contributed by atoms with E-state index in [1.807, 2.05) is 0 Å². The molecule has 0 fully saturated rings.